The van der Waals surface area contributed by atoms with Crippen LogP contribution in [-0.2, 0) is 14.6 Å². The molecule has 5 nitrogen and oxygen atoms in total. The Hall–Kier alpha value is -1.40. The number of carbonyl (C=O) groups is 1. The van der Waals surface area contributed by atoms with Gasteiger partial charge in [-0.15, -0.1) is 0 Å². The molecule has 1 aromatic rings. The summed E-state index contributed by atoms with van der Waals surface area (Å²) in [6, 6.07) is 8.93. The van der Waals surface area contributed by atoms with Crippen molar-refractivity contribution in [3.8, 4) is 0 Å². The van der Waals surface area contributed by atoms with E-state index >= 15 is 0 Å². The molecule has 1 fully saturated rings. The lowest BCUT2D eigenvalue weighted by Gasteiger charge is -2.27. The minimum Gasteiger partial charge on any atom is -0.481 e. The fourth-order valence-corrected chi connectivity index (χ4v) is 5.07. The van der Waals surface area contributed by atoms with E-state index in [1.165, 1.54) is 0 Å². The van der Waals surface area contributed by atoms with Gasteiger partial charge in [0.05, 0.1) is 10.5 Å². The van der Waals surface area contributed by atoms with Gasteiger partial charge in [-0.1, -0.05) is 30.3 Å². The highest BCUT2D eigenvalue weighted by molar-refractivity contribution is 7.92. The van der Waals surface area contributed by atoms with Gasteiger partial charge in [0.2, 0.25) is 0 Å². The smallest absolute Gasteiger partial charge is 0.303 e. The van der Waals surface area contributed by atoms with Gasteiger partial charge in [0.25, 0.3) is 0 Å². The molecule has 0 radical (unpaired) electrons. The van der Waals surface area contributed by atoms with E-state index < -0.39 is 26.3 Å². The van der Waals surface area contributed by atoms with Crippen molar-refractivity contribution < 1.29 is 18.3 Å². The Labute approximate surface area is 125 Å². The van der Waals surface area contributed by atoms with Crippen molar-refractivity contribution in [1.82, 2.24) is 5.32 Å². The van der Waals surface area contributed by atoms with Gasteiger partial charge in [-0.2, -0.15) is 0 Å². The van der Waals surface area contributed by atoms with Crippen LogP contribution < -0.4 is 5.32 Å². The summed E-state index contributed by atoms with van der Waals surface area (Å²) in [5.74, 6) is -0.965. The van der Waals surface area contributed by atoms with Crippen LogP contribution in [0, 0.1) is 0 Å². The topological polar surface area (TPSA) is 83.5 Å². The quantitative estimate of drug-likeness (QED) is 0.836. The van der Waals surface area contributed by atoms with Crippen molar-refractivity contribution in [3.05, 3.63) is 35.9 Å². The lowest BCUT2D eigenvalue weighted by atomic mass is 10.1. The number of sulfone groups is 1. The molecule has 0 aliphatic carbocycles. The summed E-state index contributed by atoms with van der Waals surface area (Å²) in [6.07, 6.45) is 1.47. The van der Waals surface area contributed by atoms with E-state index in [4.69, 9.17) is 5.11 Å². The maximum Gasteiger partial charge on any atom is 0.303 e. The maximum atomic E-state index is 12.9. The summed E-state index contributed by atoms with van der Waals surface area (Å²) in [7, 11) is -3.40. The molecule has 1 saturated heterocycles. The Kier molecular flexibility index (Phi) is 5.36. The third-order valence-corrected chi connectivity index (χ3v) is 6.54. The van der Waals surface area contributed by atoms with Crippen LogP contribution in [0.3, 0.4) is 0 Å². The van der Waals surface area contributed by atoms with Gasteiger partial charge >= 0.3 is 5.97 Å². The van der Waals surface area contributed by atoms with Crippen LogP contribution in [-0.4, -0.2) is 37.8 Å². The summed E-state index contributed by atoms with van der Waals surface area (Å²) >= 11 is 0. The summed E-state index contributed by atoms with van der Waals surface area (Å²) in [5.41, 5.74) is 0.685. The van der Waals surface area contributed by atoms with Crippen molar-refractivity contribution in [3.63, 3.8) is 0 Å². The molecular weight excluding hydrogens is 290 g/mol. The predicted octanol–water partition coefficient (Wildman–Crippen LogP) is 1.76. The maximum absolute atomic E-state index is 12.9. The number of nitrogens with one attached hydrogen (secondary N) is 1. The van der Waals surface area contributed by atoms with Crippen LogP contribution >= 0.6 is 0 Å². The Bertz CT molecular complexity index is 565. The molecule has 0 saturated carbocycles. The Balaban J connectivity index is 2.27. The van der Waals surface area contributed by atoms with Gasteiger partial charge < -0.3 is 10.4 Å². The molecule has 1 heterocycles. The van der Waals surface area contributed by atoms with Crippen LogP contribution in [0.4, 0.5) is 0 Å². The molecule has 1 aliphatic heterocycles. The molecule has 0 spiro atoms. The second-order valence-corrected chi connectivity index (χ2v) is 7.80. The molecule has 0 bridgehead atoms. The molecule has 0 amide bonds. The van der Waals surface area contributed by atoms with E-state index in [1.807, 2.05) is 6.07 Å². The van der Waals surface area contributed by atoms with Crippen LogP contribution in [0.2, 0.25) is 0 Å². The average Bonchev–Trinajstić information content (AvgIpc) is 2.49. The van der Waals surface area contributed by atoms with Gasteiger partial charge in [-0.25, -0.2) is 8.42 Å². The first-order chi connectivity index (χ1) is 10.0. The third-order valence-electron chi connectivity index (χ3n) is 3.90. The van der Waals surface area contributed by atoms with E-state index in [2.05, 4.69) is 5.32 Å². The highest BCUT2D eigenvalue weighted by Crippen LogP contribution is 2.32. The molecule has 6 heteroatoms. The van der Waals surface area contributed by atoms with Crippen LogP contribution in [0.5, 0.6) is 0 Å². The summed E-state index contributed by atoms with van der Waals surface area (Å²) in [5, 5.41) is 10.8. The Morgan fingerprint density at radius 2 is 2.05 bits per heavy atom. The molecule has 21 heavy (non-hydrogen) atoms. The van der Waals surface area contributed by atoms with E-state index in [0.29, 0.717) is 18.5 Å². The third kappa shape index (κ3) is 4.04. The lowest BCUT2D eigenvalue weighted by molar-refractivity contribution is -0.137. The summed E-state index contributed by atoms with van der Waals surface area (Å²) in [4.78, 5) is 10.8. The van der Waals surface area contributed by atoms with E-state index in [0.717, 1.165) is 13.0 Å². The molecule has 0 aromatic heterocycles. The number of carboxylic acids is 1. The number of hydrogen-bond donors (Lipinski definition) is 2. The first kappa shape index (κ1) is 16.0. The number of rotatable bonds is 6. The molecule has 2 atom stereocenters. The molecule has 2 unspecified atom stereocenters. The van der Waals surface area contributed by atoms with Crippen molar-refractivity contribution in [2.75, 3.05) is 13.1 Å². The monoisotopic (exact) mass is 311 g/mol. The molecular formula is C15H21NO4S. The van der Waals surface area contributed by atoms with Gasteiger partial charge in [0, 0.05) is 13.0 Å². The first-order valence-corrected chi connectivity index (χ1v) is 8.83. The molecule has 2 rings (SSSR count). The first-order valence-electron chi connectivity index (χ1n) is 7.22. The van der Waals surface area contributed by atoms with Crippen molar-refractivity contribution in [2.45, 2.75) is 36.2 Å². The highest BCUT2D eigenvalue weighted by Gasteiger charge is 2.35. The second kappa shape index (κ2) is 7.04. The Morgan fingerprint density at radius 3 is 2.62 bits per heavy atom. The van der Waals surface area contributed by atoms with Crippen LogP contribution in [0.1, 0.15) is 36.5 Å². The van der Waals surface area contributed by atoms with Gasteiger partial charge in [-0.05, 0) is 31.4 Å². The van der Waals surface area contributed by atoms with E-state index in [1.54, 1.807) is 24.3 Å². The van der Waals surface area contributed by atoms with Gasteiger partial charge in [0.1, 0.15) is 0 Å². The zero-order chi connectivity index (χ0) is 15.3. The number of aliphatic carboxylic acids is 1. The molecule has 1 aliphatic rings. The van der Waals surface area contributed by atoms with E-state index in [-0.39, 0.29) is 12.8 Å². The largest absolute Gasteiger partial charge is 0.481 e. The van der Waals surface area contributed by atoms with Crippen molar-refractivity contribution in [2.24, 2.45) is 0 Å². The molecule has 116 valence electrons. The van der Waals surface area contributed by atoms with E-state index in [9.17, 15) is 13.2 Å². The second-order valence-electron chi connectivity index (χ2n) is 5.39. The lowest BCUT2D eigenvalue weighted by Crippen LogP contribution is -2.40. The fourth-order valence-electron chi connectivity index (χ4n) is 2.78. The minimum absolute atomic E-state index is 0.123. The standard InChI is InChI=1S/C15H21NO4S/c17-15(18)9-8-14(12-5-2-1-3-6-12)21(19,20)13-7-4-10-16-11-13/h1-3,5-6,13-14,16H,4,7-11H2,(H,17,18). The highest BCUT2D eigenvalue weighted by atomic mass is 32.2. The zero-order valence-corrected chi connectivity index (χ0v) is 12.7. The SMILES string of the molecule is O=C(O)CCC(c1ccccc1)S(=O)(=O)C1CCCNC1. The number of benzene rings is 1. The normalized spacial score (nSPS) is 20.9. The summed E-state index contributed by atoms with van der Waals surface area (Å²) < 4.78 is 25.7. The molecule has 1 aromatic carbocycles. The van der Waals surface area contributed by atoms with Crippen LogP contribution in [0.25, 0.3) is 0 Å². The minimum atomic E-state index is -3.40. The predicted molar refractivity (Wildman–Crippen MR) is 80.9 cm³/mol. The fraction of sp³-hybridized carbons (Fsp3) is 0.533. The van der Waals surface area contributed by atoms with Crippen LogP contribution in [0.15, 0.2) is 30.3 Å². The van der Waals surface area contributed by atoms with Gasteiger partial charge in [0.15, 0.2) is 9.84 Å². The molecule has 2 N–H and O–H groups in total. The van der Waals surface area contributed by atoms with Crippen molar-refractivity contribution >= 4 is 15.8 Å². The number of hydrogen-bond acceptors (Lipinski definition) is 4. The number of carboxylic acid groups (broad SMARTS) is 1. The van der Waals surface area contributed by atoms with Crippen molar-refractivity contribution in [1.29, 1.82) is 0 Å². The average molecular weight is 311 g/mol. The zero-order valence-electron chi connectivity index (χ0n) is 11.9. The summed E-state index contributed by atoms with van der Waals surface area (Å²) in [6.45, 7) is 1.30. The van der Waals surface area contributed by atoms with Gasteiger partial charge in [-0.3, -0.25) is 4.79 Å². The number of piperidine rings is 1. The Morgan fingerprint density at radius 1 is 1.33 bits per heavy atom.